The average molecular weight is 214 g/mol. The van der Waals surface area contributed by atoms with E-state index in [0.29, 0.717) is 12.8 Å². The molecule has 0 aromatic carbocycles. The predicted molar refractivity (Wildman–Crippen MR) is 59.6 cm³/mol. The third-order valence-corrected chi connectivity index (χ3v) is 2.99. The van der Waals surface area contributed by atoms with Crippen LogP contribution in [0.1, 0.15) is 52.9 Å². The van der Waals surface area contributed by atoms with Gasteiger partial charge in [-0.1, -0.05) is 33.6 Å². The fourth-order valence-corrected chi connectivity index (χ4v) is 1.82. The second-order valence-corrected chi connectivity index (χ2v) is 3.94. The molecule has 15 heavy (non-hydrogen) atoms. The van der Waals surface area contributed by atoms with Gasteiger partial charge in [0, 0.05) is 6.42 Å². The molecule has 2 atom stereocenters. The van der Waals surface area contributed by atoms with Crippen molar-refractivity contribution in [2.45, 2.75) is 58.5 Å². The van der Waals surface area contributed by atoms with Crippen molar-refractivity contribution in [2.24, 2.45) is 5.92 Å². The number of hydrogen-bond acceptors (Lipinski definition) is 3. The number of aldehydes is 1. The van der Waals surface area contributed by atoms with Gasteiger partial charge in [-0.3, -0.25) is 4.79 Å². The fraction of sp³-hybridized carbons (Fsp3) is 0.833. The number of unbranched alkanes of at least 4 members (excludes halogenated alkanes) is 1. The SMILES string of the molecule is CCCC[C@@H](C=O)[C@@](O)(CC)C(=O)CC. The van der Waals surface area contributed by atoms with E-state index >= 15 is 0 Å². The van der Waals surface area contributed by atoms with Crippen LogP contribution in [0.5, 0.6) is 0 Å². The van der Waals surface area contributed by atoms with Crippen LogP contribution in [-0.4, -0.2) is 22.8 Å². The van der Waals surface area contributed by atoms with Crippen LogP contribution < -0.4 is 0 Å². The van der Waals surface area contributed by atoms with Crippen molar-refractivity contribution < 1.29 is 14.7 Å². The van der Waals surface area contributed by atoms with Gasteiger partial charge in [-0.25, -0.2) is 0 Å². The number of carbonyl (C=O) groups excluding carboxylic acids is 2. The first-order chi connectivity index (χ1) is 7.06. The van der Waals surface area contributed by atoms with E-state index in [9.17, 15) is 14.7 Å². The minimum absolute atomic E-state index is 0.224. The fourth-order valence-electron chi connectivity index (χ4n) is 1.82. The van der Waals surface area contributed by atoms with Gasteiger partial charge in [0.1, 0.15) is 11.9 Å². The van der Waals surface area contributed by atoms with Crippen molar-refractivity contribution in [1.82, 2.24) is 0 Å². The van der Waals surface area contributed by atoms with Crippen LogP contribution in [0, 0.1) is 5.92 Å². The maximum Gasteiger partial charge on any atom is 0.164 e. The van der Waals surface area contributed by atoms with E-state index in [1.165, 1.54) is 0 Å². The summed E-state index contributed by atoms with van der Waals surface area (Å²) in [6.07, 6.45) is 3.74. The van der Waals surface area contributed by atoms with Crippen LogP contribution in [0.25, 0.3) is 0 Å². The van der Waals surface area contributed by atoms with E-state index in [4.69, 9.17) is 0 Å². The maximum atomic E-state index is 11.6. The molecule has 1 N–H and O–H groups in total. The van der Waals surface area contributed by atoms with E-state index in [-0.39, 0.29) is 12.2 Å². The van der Waals surface area contributed by atoms with Gasteiger partial charge in [0.05, 0.1) is 5.92 Å². The van der Waals surface area contributed by atoms with Crippen LogP contribution in [0.3, 0.4) is 0 Å². The summed E-state index contributed by atoms with van der Waals surface area (Å²) in [7, 11) is 0. The van der Waals surface area contributed by atoms with Crippen LogP contribution >= 0.6 is 0 Å². The lowest BCUT2D eigenvalue weighted by atomic mass is 9.79. The Labute approximate surface area is 91.9 Å². The molecule has 0 heterocycles. The number of carbonyl (C=O) groups is 2. The molecule has 0 amide bonds. The minimum Gasteiger partial charge on any atom is -0.381 e. The van der Waals surface area contributed by atoms with Crippen LogP contribution in [0.2, 0.25) is 0 Å². The number of ketones is 1. The Morgan fingerprint density at radius 2 is 2.00 bits per heavy atom. The highest BCUT2D eigenvalue weighted by atomic mass is 16.3. The van der Waals surface area contributed by atoms with Crippen molar-refractivity contribution in [3.63, 3.8) is 0 Å². The molecular weight excluding hydrogens is 192 g/mol. The van der Waals surface area contributed by atoms with Crippen molar-refractivity contribution in [1.29, 1.82) is 0 Å². The zero-order valence-electron chi connectivity index (χ0n) is 9.95. The van der Waals surface area contributed by atoms with Crippen molar-refractivity contribution in [3.8, 4) is 0 Å². The van der Waals surface area contributed by atoms with Gasteiger partial charge < -0.3 is 9.90 Å². The molecule has 0 saturated heterocycles. The number of aliphatic hydroxyl groups is 1. The summed E-state index contributed by atoms with van der Waals surface area (Å²) in [5, 5.41) is 10.2. The standard InChI is InChI=1S/C12H22O3/c1-4-7-8-10(9-13)12(15,6-3)11(14)5-2/h9-10,15H,4-8H2,1-3H3/t10-,12-/m0/s1. The molecule has 0 saturated carbocycles. The summed E-state index contributed by atoms with van der Waals surface area (Å²) in [6.45, 7) is 5.48. The van der Waals surface area contributed by atoms with E-state index < -0.39 is 11.5 Å². The molecule has 88 valence electrons. The molecular formula is C12H22O3. The molecule has 0 aromatic rings. The summed E-state index contributed by atoms with van der Waals surface area (Å²) in [6, 6.07) is 0. The lowest BCUT2D eigenvalue weighted by molar-refractivity contribution is -0.147. The van der Waals surface area contributed by atoms with Gasteiger partial charge in [0.25, 0.3) is 0 Å². The summed E-state index contributed by atoms with van der Waals surface area (Å²) in [5.41, 5.74) is -1.44. The summed E-state index contributed by atoms with van der Waals surface area (Å²) in [4.78, 5) is 22.5. The van der Waals surface area contributed by atoms with E-state index in [1.807, 2.05) is 6.92 Å². The van der Waals surface area contributed by atoms with Gasteiger partial charge in [0.2, 0.25) is 0 Å². The summed E-state index contributed by atoms with van der Waals surface area (Å²) < 4.78 is 0. The molecule has 3 nitrogen and oxygen atoms in total. The Kier molecular flexibility index (Phi) is 6.41. The van der Waals surface area contributed by atoms with Crippen molar-refractivity contribution in [2.75, 3.05) is 0 Å². The number of Topliss-reactive ketones (excluding diaryl/α,β-unsaturated/α-hetero) is 1. The highest BCUT2D eigenvalue weighted by Gasteiger charge is 2.40. The molecule has 0 aliphatic heterocycles. The number of hydrogen-bond donors (Lipinski definition) is 1. The van der Waals surface area contributed by atoms with Crippen LogP contribution in [0.4, 0.5) is 0 Å². The smallest absolute Gasteiger partial charge is 0.164 e. The molecule has 0 fully saturated rings. The molecule has 0 bridgehead atoms. The van der Waals surface area contributed by atoms with Gasteiger partial charge >= 0.3 is 0 Å². The normalized spacial score (nSPS) is 16.8. The minimum atomic E-state index is -1.44. The first-order valence-electron chi connectivity index (χ1n) is 5.77. The zero-order chi connectivity index (χ0) is 11.9. The van der Waals surface area contributed by atoms with Crippen molar-refractivity contribution >= 4 is 12.1 Å². The maximum absolute atomic E-state index is 11.6. The zero-order valence-corrected chi connectivity index (χ0v) is 9.95. The molecule has 3 heteroatoms. The largest absolute Gasteiger partial charge is 0.381 e. The van der Waals surface area contributed by atoms with E-state index in [1.54, 1.807) is 13.8 Å². The topological polar surface area (TPSA) is 54.4 Å². The molecule has 0 rings (SSSR count). The molecule has 0 spiro atoms. The Hall–Kier alpha value is -0.700. The monoisotopic (exact) mass is 214 g/mol. The van der Waals surface area contributed by atoms with Crippen molar-refractivity contribution in [3.05, 3.63) is 0 Å². The Morgan fingerprint density at radius 1 is 1.40 bits per heavy atom. The first-order valence-corrected chi connectivity index (χ1v) is 5.77. The summed E-state index contributed by atoms with van der Waals surface area (Å²) in [5.74, 6) is -0.770. The van der Waals surface area contributed by atoms with Crippen LogP contribution in [0.15, 0.2) is 0 Å². The van der Waals surface area contributed by atoms with E-state index in [0.717, 1.165) is 19.1 Å². The second kappa shape index (κ2) is 6.72. The second-order valence-electron chi connectivity index (χ2n) is 3.94. The average Bonchev–Trinajstić information content (AvgIpc) is 2.28. The number of rotatable bonds is 8. The molecule has 0 aromatic heterocycles. The molecule has 0 aliphatic rings. The third-order valence-electron chi connectivity index (χ3n) is 2.99. The van der Waals surface area contributed by atoms with Gasteiger partial charge in [-0.05, 0) is 12.8 Å². The quantitative estimate of drug-likeness (QED) is 0.630. The van der Waals surface area contributed by atoms with Gasteiger partial charge in [-0.2, -0.15) is 0 Å². The molecule has 0 radical (unpaired) electrons. The van der Waals surface area contributed by atoms with Gasteiger partial charge in [-0.15, -0.1) is 0 Å². The lowest BCUT2D eigenvalue weighted by Gasteiger charge is -2.30. The van der Waals surface area contributed by atoms with Gasteiger partial charge in [0.15, 0.2) is 5.78 Å². The first kappa shape index (κ1) is 14.3. The lowest BCUT2D eigenvalue weighted by Crippen LogP contribution is -2.46. The Morgan fingerprint density at radius 3 is 2.33 bits per heavy atom. The molecule has 0 unspecified atom stereocenters. The summed E-state index contributed by atoms with van der Waals surface area (Å²) >= 11 is 0. The van der Waals surface area contributed by atoms with Crippen LogP contribution in [-0.2, 0) is 9.59 Å². The third kappa shape index (κ3) is 3.42. The highest BCUT2D eigenvalue weighted by Crippen LogP contribution is 2.27. The molecule has 0 aliphatic carbocycles. The highest BCUT2D eigenvalue weighted by molar-refractivity contribution is 5.89. The van der Waals surface area contributed by atoms with E-state index in [2.05, 4.69) is 0 Å². The Bertz CT molecular complexity index is 213. The Balaban J connectivity index is 4.71. The predicted octanol–water partition coefficient (Wildman–Crippen LogP) is 2.11.